The maximum atomic E-state index is 13.0. The molecule has 25 heavy (non-hydrogen) atoms. The third-order valence-corrected chi connectivity index (χ3v) is 4.04. The quantitative estimate of drug-likeness (QED) is 0.877. The van der Waals surface area contributed by atoms with Crippen LogP contribution in [0.4, 0.5) is 4.39 Å². The molecular formula is C18H16ClFN2O3. The van der Waals surface area contributed by atoms with Gasteiger partial charge in [0.05, 0.1) is 5.56 Å². The maximum Gasteiger partial charge on any atom is 0.255 e. The van der Waals surface area contributed by atoms with E-state index in [1.54, 1.807) is 12.1 Å². The highest BCUT2D eigenvalue weighted by Crippen LogP contribution is 2.28. The molecule has 1 fully saturated rings. The number of ether oxygens (including phenoxy) is 1. The molecule has 0 bridgehead atoms. The van der Waals surface area contributed by atoms with Crippen molar-refractivity contribution in [3.63, 3.8) is 0 Å². The molecule has 7 heteroatoms. The third-order valence-electron chi connectivity index (χ3n) is 3.81. The van der Waals surface area contributed by atoms with E-state index in [4.69, 9.17) is 16.3 Å². The van der Waals surface area contributed by atoms with Crippen molar-refractivity contribution in [2.75, 3.05) is 6.54 Å². The average molecular weight is 363 g/mol. The minimum atomic E-state index is -0.378. The minimum Gasteiger partial charge on any atom is -0.457 e. The molecule has 0 aromatic heterocycles. The molecule has 2 aromatic carbocycles. The first kappa shape index (κ1) is 17.2. The van der Waals surface area contributed by atoms with Crippen LogP contribution in [0.5, 0.6) is 11.5 Å². The molecule has 0 aliphatic carbocycles. The zero-order valence-corrected chi connectivity index (χ0v) is 14.0. The zero-order chi connectivity index (χ0) is 17.8. The van der Waals surface area contributed by atoms with Crippen LogP contribution in [0.1, 0.15) is 23.2 Å². The molecule has 1 aliphatic heterocycles. The Kier molecular flexibility index (Phi) is 5.19. The Hall–Kier alpha value is -2.60. The average Bonchev–Trinajstić information content (AvgIpc) is 2.58. The van der Waals surface area contributed by atoms with Crippen LogP contribution >= 0.6 is 11.6 Å². The fraction of sp³-hybridized carbons (Fsp3) is 0.222. The van der Waals surface area contributed by atoms with Crippen LogP contribution < -0.4 is 15.4 Å². The molecular weight excluding hydrogens is 347 g/mol. The summed E-state index contributed by atoms with van der Waals surface area (Å²) in [5.41, 5.74) is 0.253. The van der Waals surface area contributed by atoms with E-state index in [2.05, 4.69) is 10.6 Å². The standard InChI is InChI=1S/C18H16ClFN2O3/c19-11-1-6-16(25-14-4-2-12(20)3-5-14)15(9-11)18(24)22-13-7-8-21-17(23)10-13/h1-6,9,13H,7-8,10H2,(H,21,23)(H,22,24). The minimum absolute atomic E-state index is 0.0922. The van der Waals surface area contributed by atoms with Crippen LogP contribution in [0.3, 0.4) is 0 Å². The number of hydrogen-bond donors (Lipinski definition) is 2. The Bertz CT molecular complexity index is 795. The van der Waals surface area contributed by atoms with Crippen LogP contribution in [-0.4, -0.2) is 24.4 Å². The van der Waals surface area contributed by atoms with Crippen molar-refractivity contribution in [3.05, 3.63) is 58.9 Å². The lowest BCUT2D eigenvalue weighted by atomic mass is 10.1. The molecule has 2 aromatic rings. The summed E-state index contributed by atoms with van der Waals surface area (Å²) in [7, 11) is 0. The Morgan fingerprint density at radius 1 is 1.24 bits per heavy atom. The van der Waals surface area contributed by atoms with E-state index in [9.17, 15) is 14.0 Å². The van der Waals surface area contributed by atoms with E-state index in [1.807, 2.05) is 0 Å². The van der Waals surface area contributed by atoms with Crippen LogP contribution in [0.15, 0.2) is 42.5 Å². The van der Waals surface area contributed by atoms with Gasteiger partial charge in [-0.05, 0) is 48.9 Å². The van der Waals surface area contributed by atoms with Gasteiger partial charge in [-0.1, -0.05) is 11.6 Å². The fourth-order valence-corrected chi connectivity index (χ4v) is 2.74. The number of rotatable bonds is 4. The van der Waals surface area contributed by atoms with E-state index < -0.39 is 0 Å². The summed E-state index contributed by atoms with van der Waals surface area (Å²) in [5.74, 6) is -0.148. The summed E-state index contributed by atoms with van der Waals surface area (Å²) in [5, 5.41) is 5.93. The Balaban J connectivity index is 1.79. The molecule has 3 rings (SSSR count). The molecule has 130 valence electrons. The van der Waals surface area contributed by atoms with Crippen molar-refractivity contribution in [1.82, 2.24) is 10.6 Å². The molecule has 0 saturated carbocycles. The van der Waals surface area contributed by atoms with Gasteiger partial charge < -0.3 is 15.4 Å². The lowest BCUT2D eigenvalue weighted by Crippen LogP contribution is -2.45. The number of nitrogens with one attached hydrogen (secondary N) is 2. The first-order valence-corrected chi connectivity index (χ1v) is 8.19. The van der Waals surface area contributed by atoms with Crippen LogP contribution in [0.25, 0.3) is 0 Å². The second kappa shape index (κ2) is 7.53. The van der Waals surface area contributed by atoms with Gasteiger partial charge in [0.15, 0.2) is 0 Å². The largest absolute Gasteiger partial charge is 0.457 e. The first-order chi connectivity index (χ1) is 12.0. The lowest BCUT2D eigenvalue weighted by Gasteiger charge is -2.23. The highest BCUT2D eigenvalue weighted by molar-refractivity contribution is 6.31. The Labute approximate surface area is 149 Å². The predicted molar refractivity (Wildman–Crippen MR) is 91.4 cm³/mol. The lowest BCUT2D eigenvalue weighted by molar-refractivity contribution is -0.122. The number of amides is 2. The van der Waals surface area contributed by atoms with Crippen molar-refractivity contribution < 1.29 is 18.7 Å². The van der Waals surface area contributed by atoms with Crippen molar-refractivity contribution >= 4 is 23.4 Å². The van der Waals surface area contributed by atoms with Crippen molar-refractivity contribution in [2.45, 2.75) is 18.9 Å². The molecule has 2 amide bonds. The van der Waals surface area contributed by atoms with Gasteiger partial charge in [0, 0.05) is 24.0 Å². The second-order valence-electron chi connectivity index (χ2n) is 5.71. The van der Waals surface area contributed by atoms with Gasteiger partial charge in [0.2, 0.25) is 5.91 Å². The molecule has 0 spiro atoms. The van der Waals surface area contributed by atoms with Crippen molar-refractivity contribution in [1.29, 1.82) is 0 Å². The van der Waals surface area contributed by atoms with Gasteiger partial charge in [0.1, 0.15) is 17.3 Å². The summed E-state index contributed by atoms with van der Waals surface area (Å²) in [6.07, 6.45) is 0.895. The van der Waals surface area contributed by atoms with Crippen LogP contribution in [-0.2, 0) is 4.79 Å². The number of benzene rings is 2. The van der Waals surface area contributed by atoms with Gasteiger partial charge in [-0.15, -0.1) is 0 Å². The molecule has 1 saturated heterocycles. The smallest absolute Gasteiger partial charge is 0.255 e. The van der Waals surface area contributed by atoms with Gasteiger partial charge in [0.25, 0.3) is 5.91 Å². The summed E-state index contributed by atoms with van der Waals surface area (Å²) < 4.78 is 18.7. The summed E-state index contributed by atoms with van der Waals surface area (Å²) in [6.45, 7) is 0.526. The van der Waals surface area contributed by atoms with E-state index in [-0.39, 0.29) is 35.7 Å². The van der Waals surface area contributed by atoms with Gasteiger partial charge in [-0.2, -0.15) is 0 Å². The zero-order valence-electron chi connectivity index (χ0n) is 13.2. The van der Waals surface area contributed by atoms with Crippen LogP contribution in [0, 0.1) is 5.82 Å². The molecule has 1 unspecified atom stereocenters. The van der Waals surface area contributed by atoms with Crippen molar-refractivity contribution in [2.24, 2.45) is 0 Å². The van der Waals surface area contributed by atoms with Gasteiger partial charge in [-0.25, -0.2) is 4.39 Å². The number of piperidine rings is 1. The highest BCUT2D eigenvalue weighted by atomic mass is 35.5. The Morgan fingerprint density at radius 3 is 2.72 bits per heavy atom. The highest BCUT2D eigenvalue weighted by Gasteiger charge is 2.23. The monoisotopic (exact) mass is 362 g/mol. The fourth-order valence-electron chi connectivity index (χ4n) is 2.57. The van der Waals surface area contributed by atoms with E-state index in [1.165, 1.54) is 30.3 Å². The van der Waals surface area contributed by atoms with Crippen molar-refractivity contribution in [3.8, 4) is 11.5 Å². The molecule has 1 atom stereocenters. The molecule has 1 heterocycles. The second-order valence-corrected chi connectivity index (χ2v) is 6.15. The third kappa shape index (κ3) is 4.48. The van der Waals surface area contributed by atoms with E-state index in [0.29, 0.717) is 29.5 Å². The summed E-state index contributed by atoms with van der Waals surface area (Å²) in [4.78, 5) is 24.0. The van der Waals surface area contributed by atoms with Gasteiger partial charge >= 0.3 is 0 Å². The SMILES string of the molecule is O=C1CC(NC(=O)c2cc(Cl)ccc2Oc2ccc(F)cc2)CCN1. The predicted octanol–water partition coefficient (Wildman–Crippen LogP) is 3.28. The number of hydrogen-bond acceptors (Lipinski definition) is 3. The number of carbonyl (C=O) groups is 2. The normalized spacial score (nSPS) is 16.9. The molecule has 5 nitrogen and oxygen atoms in total. The molecule has 1 aliphatic rings. The Morgan fingerprint density at radius 2 is 2.00 bits per heavy atom. The topological polar surface area (TPSA) is 67.4 Å². The summed E-state index contributed by atoms with van der Waals surface area (Å²) >= 11 is 6.00. The van der Waals surface area contributed by atoms with E-state index in [0.717, 1.165) is 0 Å². The number of carbonyl (C=O) groups excluding carboxylic acids is 2. The van der Waals surface area contributed by atoms with Gasteiger partial charge in [-0.3, -0.25) is 9.59 Å². The number of halogens is 2. The maximum absolute atomic E-state index is 13.0. The van der Waals surface area contributed by atoms with E-state index >= 15 is 0 Å². The van der Waals surface area contributed by atoms with Crippen LogP contribution in [0.2, 0.25) is 5.02 Å². The first-order valence-electron chi connectivity index (χ1n) is 7.82. The molecule has 2 N–H and O–H groups in total. The summed E-state index contributed by atoms with van der Waals surface area (Å²) in [6, 6.07) is 9.92. The molecule has 0 radical (unpaired) electrons.